The van der Waals surface area contributed by atoms with Crippen molar-refractivity contribution in [1.29, 1.82) is 0 Å². The second kappa shape index (κ2) is 8.70. The fourth-order valence-corrected chi connectivity index (χ4v) is 5.06. The third kappa shape index (κ3) is 4.78. The van der Waals surface area contributed by atoms with Gasteiger partial charge in [0.1, 0.15) is 5.25 Å². The quantitative estimate of drug-likeness (QED) is 0.650. The molecule has 2 aromatic carbocycles. The summed E-state index contributed by atoms with van der Waals surface area (Å²) in [4.78, 5) is 15.4. The lowest BCUT2D eigenvalue weighted by Crippen LogP contribution is -2.44. The predicted molar refractivity (Wildman–Crippen MR) is 107 cm³/mol. The topological polar surface area (TPSA) is 54.5 Å². The van der Waals surface area contributed by atoms with E-state index in [1.165, 1.54) is 0 Å². The lowest BCUT2D eigenvalue weighted by atomic mass is 10.1. The lowest BCUT2D eigenvalue weighted by molar-refractivity contribution is -0.132. The number of hydrogen-bond acceptors (Lipinski definition) is 3. The van der Waals surface area contributed by atoms with Gasteiger partial charge in [-0.05, 0) is 37.0 Å². The summed E-state index contributed by atoms with van der Waals surface area (Å²) in [6, 6.07) is 18.3. The van der Waals surface area contributed by atoms with Crippen molar-refractivity contribution >= 4 is 15.7 Å². The van der Waals surface area contributed by atoms with Crippen LogP contribution >= 0.6 is 0 Å². The highest BCUT2D eigenvalue weighted by Gasteiger charge is 2.41. The van der Waals surface area contributed by atoms with Gasteiger partial charge in [0.15, 0.2) is 9.84 Å². The Morgan fingerprint density at radius 1 is 1.04 bits per heavy atom. The molecule has 1 aliphatic rings. The van der Waals surface area contributed by atoms with Gasteiger partial charge in [0.05, 0.1) is 4.90 Å². The molecule has 2 aromatic rings. The van der Waals surface area contributed by atoms with E-state index in [4.69, 9.17) is 0 Å². The van der Waals surface area contributed by atoms with Gasteiger partial charge in [-0.25, -0.2) is 8.42 Å². The first kappa shape index (κ1) is 19.6. The van der Waals surface area contributed by atoms with E-state index in [0.29, 0.717) is 19.4 Å². The second-order valence-electron chi connectivity index (χ2n) is 7.17. The summed E-state index contributed by atoms with van der Waals surface area (Å²) < 4.78 is 26.5. The van der Waals surface area contributed by atoms with Gasteiger partial charge in [-0.15, -0.1) is 0 Å². The lowest BCUT2D eigenvalue weighted by Gasteiger charge is -2.27. The van der Waals surface area contributed by atoms with Crippen LogP contribution in [0.1, 0.15) is 44.6 Å². The van der Waals surface area contributed by atoms with Crippen molar-refractivity contribution in [2.45, 2.75) is 61.8 Å². The molecule has 144 valence electrons. The smallest absolute Gasteiger partial charge is 0.241 e. The van der Waals surface area contributed by atoms with Crippen molar-refractivity contribution in [2.75, 3.05) is 0 Å². The minimum absolute atomic E-state index is 0.160. The van der Waals surface area contributed by atoms with E-state index < -0.39 is 15.1 Å². The average Bonchev–Trinajstić information content (AvgIpc) is 3.52. The van der Waals surface area contributed by atoms with Gasteiger partial charge < -0.3 is 4.90 Å². The van der Waals surface area contributed by atoms with E-state index in [9.17, 15) is 13.2 Å². The molecule has 0 spiro atoms. The first-order chi connectivity index (χ1) is 13.0. The third-order valence-corrected chi connectivity index (χ3v) is 7.12. The zero-order valence-electron chi connectivity index (χ0n) is 15.8. The van der Waals surface area contributed by atoms with Crippen molar-refractivity contribution in [2.24, 2.45) is 0 Å². The Balaban J connectivity index is 1.89. The molecular formula is C22H27NO3S. The molecule has 0 bridgehead atoms. The summed E-state index contributed by atoms with van der Waals surface area (Å²) in [6.07, 6.45) is 3.84. The molecule has 1 saturated carbocycles. The molecule has 4 nitrogen and oxygen atoms in total. The van der Waals surface area contributed by atoms with Gasteiger partial charge in [0.2, 0.25) is 5.91 Å². The molecule has 1 amide bonds. The Labute approximate surface area is 162 Å². The number of carbonyl (C=O) groups excluding carboxylic acids is 1. The van der Waals surface area contributed by atoms with Crippen molar-refractivity contribution in [1.82, 2.24) is 4.90 Å². The molecule has 1 fully saturated rings. The zero-order chi connectivity index (χ0) is 19.3. The van der Waals surface area contributed by atoms with E-state index in [0.717, 1.165) is 24.8 Å². The maximum atomic E-state index is 13.4. The van der Waals surface area contributed by atoms with E-state index in [1.54, 1.807) is 35.2 Å². The van der Waals surface area contributed by atoms with E-state index in [-0.39, 0.29) is 16.8 Å². The summed E-state index contributed by atoms with van der Waals surface area (Å²) in [6.45, 7) is 2.48. The zero-order valence-corrected chi connectivity index (χ0v) is 16.6. The summed E-state index contributed by atoms with van der Waals surface area (Å²) in [5.74, 6) is -0.251. The summed E-state index contributed by atoms with van der Waals surface area (Å²) in [5, 5.41) is -1.01. The number of nitrogens with zero attached hydrogens (tertiary/aromatic N) is 1. The monoisotopic (exact) mass is 385 g/mol. The Kier molecular flexibility index (Phi) is 6.32. The summed E-state index contributed by atoms with van der Waals surface area (Å²) in [5.41, 5.74) is 1.03. The third-order valence-electron chi connectivity index (χ3n) is 5.01. The number of benzene rings is 2. The first-order valence-corrected chi connectivity index (χ1v) is 11.2. The number of sulfone groups is 1. The molecule has 1 unspecified atom stereocenters. The molecule has 27 heavy (non-hydrogen) atoms. The van der Waals surface area contributed by atoms with Crippen LogP contribution in [0.5, 0.6) is 0 Å². The molecule has 0 aromatic heterocycles. The first-order valence-electron chi connectivity index (χ1n) is 9.67. The minimum atomic E-state index is -3.71. The van der Waals surface area contributed by atoms with Crippen molar-refractivity contribution in [3.63, 3.8) is 0 Å². The van der Waals surface area contributed by atoms with Gasteiger partial charge in [-0.2, -0.15) is 0 Å². The molecule has 5 heteroatoms. The van der Waals surface area contributed by atoms with Gasteiger partial charge in [0, 0.05) is 12.6 Å². The highest BCUT2D eigenvalue weighted by atomic mass is 32.2. The van der Waals surface area contributed by atoms with Gasteiger partial charge in [0.25, 0.3) is 0 Å². The van der Waals surface area contributed by atoms with Gasteiger partial charge in [-0.1, -0.05) is 68.3 Å². The Morgan fingerprint density at radius 3 is 2.19 bits per heavy atom. The minimum Gasteiger partial charge on any atom is -0.334 e. The SMILES string of the molecule is CCCCC(C(=O)N(Cc1ccccc1)C1CC1)S(=O)(=O)c1ccccc1. The predicted octanol–water partition coefficient (Wildman–Crippen LogP) is 4.21. The van der Waals surface area contributed by atoms with Crippen LogP contribution in [0.15, 0.2) is 65.6 Å². The van der Waals surface area contributed by atoms with Crippen LogP contribution < -0.4 is 0 Å². The fraction of sp³-hybridized carbons (Fsp3) is 0.409. The molecule has 3 rings (SSSR count). The average molecular weight is 386 g/mol. The second-order valence-corrected chi connectivity index (χ2v) is 9.30. The Hall–Kier alpha value is -2.14. The summed E-state index contributed by atoms with van der Waals surface area (Å²) in [7, 11) is -3.71. The van der Waals surface area contributed by atoms with Crippen molar-refractivity contribution in [3.05, 3.63) is 66.2 Å². The number of rotatable bonds is 9. The van der Waals surface area contributed by atoms with Crippen LogP contribution in [0.25, 0.3) is 0 Å². The van der Waals surface area contributed by atoms with Crippen molar-refractivity contribution in [3.8, 4) is 0 Å². The molecule has 1 atom stereocenters. The molecular weight excluding hydrogens is 358 g/mol. The maximum Gasteiger partial charge on any atom is 0.241 e. The van der Waals surface area contributed by atoms with Crippen LogP contribution in [0.3, 0.4) is 0 Å². The number of hydrogen-bond donors (Lipinski definition) is 0. The van der Waals surface area contributed by atoms with E-state index in [2.05, 4.69) is 0 Å². The Bertz CT molecular complexity index is 846. The van der Waals surface area contributed by atoms with Crippen LogP contribution in [0.4, 0.5) is 0 Å². The highest BCUT2D eigenvalue weighted by molar-refractivity contribution is 7.92. The van der Waals surface area contributed by atoms with Crippen LogP contribution in [0, 0.1) is 0 Å². The van der Waals surface area contributed by atoms with Crippen LogP contribution in [-0.2, 0) is 21.2 Å². The Morgan fingerprint density at radius 2 is 1.63 bits per heavy atom. The fourth-order valence-electron chi connectivity index (χ4n) is 3.31. The van der Waals surface area contributed by atoms with Crippen molar-refractivity contribution < 1.29 is 13.2 Å². The number of unbranched alkanes of at least 4 members (excludes halogenated alkanes) is 1. The van der Waals surface area contributed by atoms with Gasteiger partial charge in [-0.3, -0.25) is 4.79 Å². The summed E-state index contributed by atoms with van der Waals surface area (Å²) >= 11 is 0. The van der Waals surface area contributed by atoms with E-state index >= 15 is 0 Å². The van der Waals surface area contributed by atoms with Gasteiger partial charge >= 0.3 is 0 Å². The molecule has 0 N–H and O–H groups in total. The molecule has 0 aliphatic heterocycles. The molecule has 0 saturated heterocycles. The number of carbonyl (C=O) groups is 1. The molecule has 1 aliphatic carbocycles. The standard InChI is InChI=1S/C22H27NO3S/c1-2-3-14-21(27(25,26)20-12-8-5-9-13-20)22(24)23(19-15-16-19)17-18-10-6-4-7-11-18/h4-13,19,21H,2-3,14-17H2,1H3. The molecule has 0 radical (unpaired) electrons. The highest BCUT2D eigenvalue weighted by Crippen LogP contribution is 2.31. The largest absolute Gasteiger partial charge is 0.334 e. The number of amides is 1. The van der Waals surface area contributed by atoms with E-state index in [1.807, 2.05) is 37.3 Å². The van der Waals surface area contributed by atoms with Crippen LogP contribution in [0.2, 0.25) is 0 Å². The maximum absolute atomic E-state index is 13.4. The molecule has 0 heterocycles. The van der Waals surface area contributed by atoms with Crippen LogP contribution in [-0.4, -0.2) is 30.5 Å². The normalized spacial score (nSPS) is 15.3.